The average molecular weight is 440 g/mol. The van der Waals surface area contributed by atoms with E-state index in [9.17, 15) is 8.42 Å². The number of benzene rings is 1. The fourth-order valence-electron chi connectivity index (χ4n) is 2.59. The van der Waals surface area contributed by atoms with Crippen LogP contribution in [0.1, 0.15) is 25.3 Å². The minimum absolute atomic E-state index is 0.0104. The molecule has 2 atom stereocenters. The van der Waals surface area contributed by atoms with Crippen molar-refractivity contribution in [2.45, 2.75) is 37.6 Å². The van der Waals surface area contributed by atoms with Crippen molar-refractivity contribution in [3.63, 3.8) is 0 Å². The van der Waals surface area contributed by atoms with Gasteiger partial charge >= 0.3 is 0 Å². The van der Waals surface area contributed by atoms with Crippen molar-refractivity contribution in [1.29, 1.82) is 0 Å². The van der Waals surface area contributed by atoms with E-state index in [2.05, 4.69) is 31.9 Å². The van der Waals surface area contributed by atoms with Gasteiger partial charge in [0.1, 0.15) is 0 Å². The molecule has 1 saturated heterocycles. The Morgan fingerprint density at radius 2 is 2.00 bits per heavy atom. The second kappa shape index (κ2) is 6.66. The van der Waals surface area contributed by atoms with Crippen LogP contribution in [-0.2, 0) is 10.0 Å². The standard InChI is InChI=1S/C14H20Br2N2O2S/c1-9-6-13(16)14(7-12(9)15)21(19,20)18-5-3-4-11(8-18)10(2)17/h6-7,10-11H,3-5,8,17H2,1-2H3. The molecule has 1 aromatic rings. The summed E-state index contributed by atoms with van der Waals surface area (Å²) in [6.45, 7) is 4.93. The van der Waals surface area contributed by atoms with Crippen LogP contribution in [0.25, 0.3) is 0 Å². The third kappa shape index (κ3) is 3.69. The van der Waals surface area contributed by atoms with Crippen LogP contribution in [0.5, 0.6) is 0 Å². The topological polar surface area (TPSA) is 63.4 Å². The first-order valence-corrected chi connectivity index (χ1v) is 9.97. The summed E-state index contributed by atoms with van der Waals surface area (Å²) in [4.78, 5) is 0.310. The molecule has 1 aliphatic rings. The largest absolute Gasteiger partial charge is 0.328 e. The van der Waals surface area contributed by atoms with E-state index >= 15 is 0 Å². The van der Waals surface area contributed by atoms with Gasteiger partial charge in [0.2, 0.25) is 10.0 Å². The maximum absolute atomic E-state index is 12.9. The molecule has 0 aliphatic carbocycles. The Kier molecular flexibility index (Phi) is 5.52. The highest BCUT2D eigenvalue weighted by atomic mass is 79.9. The van der Waals surface area contributed by atoms with E-state index in [1.807, 2.05) is 19.9 Å². The lowest BCUT2D eigenvalue weighted by atomic mass is 9.93. The van der Waals surface area contributed by atoms with Gasteiger partial charge in [-0.1, -0.05) is 15.9 Å². The summed E-state index contributed by atoms with van der Waals surface area (Å²) in [5.74, 6) is 0.223. The van der Waals surface area contributed by atoms with Crippen LogP contribution >= 0.6 is 31.9 Å². The van der Waals surface area contributed by atoms with Gasteiger partial charge in [0.25, 0.3) is 0 Å². The highest BCUT2D eigenvalue weighted by Crippen LogP contribution is 2.32. The Hall–Kier alpha value is 0.0500. The normalized spacial score (nSPS) is 22.2. The Morgan fingerprint density at radius 3 is 2.62 bits per heavy atom. The van der Waals surface area contributed by atoms with Crippen molar-refractivity contribution >= 4 is 41.9 Å². The van der Waals surface area contributed by atoms with E-state index in [4.69, 9.17) is 5.73 Å². The Bertz CT molecular complexity index is 632. The highest BCUT2D eigenvalue weighted by Gasteiger charge is 2.32. The average Bonchev–Trinajstić information content (AvgIpc) is 2.42. The van der Waals surface area contributed by atoms with E-state index in [1.54, 1.807) is 10.4 Å². The molecule has 0 radical (unpaired) electrons. The molecule has 2 unspecified atom stereocenters. The summed E-state index contributed by atoms with van der Waals surface area (Å²) in [7, 11) is -3.50. The van der Waals surface area contributed by atoms with Crippen LogP contribution in [0.3, 0.4) is 0 Å². The third-order valence-electron chi connectivity index (χ3n) is 4.00. The maximum atomic E-state index is 12.9. The summed E-state index contributed by atoms with van der Waals surface area (Å²) in [6, 6.07) is 3.50. The summed E-state index contributed by atoms with van der Waals surface area (Å²) in [5, 5.41) is 0. The summed E-state index contributed by atoms with van der Waals surface area (Å²) in [6.07, 6.45) is 1.85. The highest BCUT2D eigenvalue weighted by molar-refractivity contribution is 9.11. The van der Waals surface area contributed by atoms with Crippen LogP contribution in [-0.4, -0.2) is 31.9 Å². The van der Waals surface area contributed by atoms with E-state index in [-0.39, 0.29) is 12.0 Å². The second-order valence-electron chi connectivity index (χ2n) is 5.66. The third-order valence-corrected chi connectivity index (χ3v) is 7.67. The molecule has 1 aromatic carbocycles. The number of sulfonamides is 1. The first-order valence-electron chi connectivity index (χ1n) is 6.95. The van der Waals surface area contributed by atoms with Crippen molar-refractivity contribution in [2.75, 3.05) is 13.1 Å². The van der Waals surface area contributed by atoms with Crippen molar-refractivity contribution < 1.29 is 8.42 Å². The van der Waals surface area contributed by atoms with Gasteiger partial charge in [0.05, 0.1) is 4.90 Å². The first-order chi connectivity index (χ1) is 9.73. The molecular formula is C14H20Br2N2O2S. The van der Waals surface area contributed by atoms with E-state index in [1.165, 1.54) is 0 Å². The van der Waals surface area contributed by atoms with E-state index < -0.39 is 10.0 Å². The minimum Gasteiger partial charge on any atom is -0.328 e. The van der Waals surface area contributed by atoms with Gasteiger partial charge in [-0.25, -0.2) is 8.42 Å². The fourth-order valence-corrected chi connectivity index (χ4v) is 5.76. The van der Waals surface area contributed by atoms with E-state index in [0.717, 1.165) is 22.9 Å². The molecule has 7 heteroatoms. The summed E-state index contributed by atoms with van der Waals surface area (Å²) in [5.41, 5.74) is 6.94. The molecule has 118 valence electrons. The molecule has 0 aromatic heterocycles. The van der Waals surface area contributed by atoms with Crippen LogP contribution in [0.15, 0.2) is 26.0 Å². The predicted octanol–water partition coefficient (Wildman–Crippen LogP) is 3.27. The quantitative estimate of drug-likeness (QED) is 0.785. The molecule has 2 rings (SSSR count). The number of rotatable bonds is 3. The Morgan fingerprint density at radius 1 is 1.33 bits per heavy atom. The van der Waals surface area contributed by atoms with Gasteiger partial charge < -0.3 is 5.73 Å². The Balaban J connectivity index is 2.36. The molecular weight excluding hydrogens is 420 g/mol. The number of nitrogens with zero attached hydrogens (tertiary/aromatic N) is 1. The number of aryl methyl sites for hydroxylation is 1. The van der Waals surface area contributed by atoms with Gasteiger partial charge in [-0.3, -0.25) is 0 Å². The van der Waals surface area contributed by atoms with Gasteiger partial charge in [-0.05, 0) is 66.2 Å². The molecule has 1 aliphatic heterocycles. The smallest absolute Gasteiger partial charge is 0.244 e. The molecule has 0 bridgehead atoms. The summed E-state index contributed by atoms with van der Waals surface area (Å²) < 4.78 is 28.7. The molecule has 0 amide bonds. The van der Waals surface area contributed by atoms with Crippen LogP contribution in [0.4, 0.5) is 0 Å². The zero-order valence-corrected chi connectivity index (χ0v) is 16.1. The van der Waals surface area contributed by atoms with Crippen molar-refractivity contribution in [2.24, 2.45) is 11.7 Å². The maximum Gasteiger partial charge on any atom is 0.244 e. The van der Waals surface area contributed by atoms with Gasteiger partial charge in [-0.2, -0.15) is 4.31 Å². The van der Waals surface area contributed by atoms with E-state index in [0.29, 0.717) is 22.5 Å². The number of halogens is 2. The predicted molar refractivity (Wildman–Crippen MR) is 91.7 cm³/mol. The molecule has 4 nitrogen and oxygen atoms in total. The molecule has 0 saturated carbocycles. The molecule has 1 heterocycles. The first kappa shape index (κ1) is 17.4. The number of hydrogen-bond acceptors (Lipinski definition) is 3. The molecule has 21 heavy (non-hydrogen) atoms. The number of nitrogens with two attached hydrogens (primary N) is 1. The lowest BCUT2D eigenvalue weighted by Gasteiger charge is -2.34. The minimum atomic E-state index is -3.50. The van der Waals surface area contributed by atoms with Crippen molar-refractivity contribution in [3.8, 4) is 0 Å². The number of hydrogen-bond donors (Lipinski definition) is 1. The number of piperidine rings is 1. The van der Waals surface area contributed by atoms with Crippen LogP contribution in [0.2, 0.25) is 0 Å². The zero-order valence-electron chi connectivity index (χ0n) is 12.1. The monoisotopic (exact) mass is 438 g/mol. The SMILES string of the molecule is Cc1cc(Br)c(S(=O)(=O)N2CCCC(C(C)N)C2)cc1Br. The molecule has 1 fully saturated rings. The van der Waals surface area contributed by atoms with Crippen molar-refractivity contribution in [1.82, 2.24) is 4.31 Å². The fraction of sp³-hybridized carbons (Fsp3) is 0.571. The van der Waals surface area contributed by atoms with Gasteiger partial charge in [0.15, 0.2) is 0 Å². The molecule has 2 N–H and O–H groups in total. The summed E-state index contributed by atoms with van der Waals surface area (Å²) >= 11 is 6.78. The van der Waals surface area contributed by atoms with Crippen molar-refractivity contribution in [3.05, 3.63) is 26.6 Å². The Labute approximate surface area is 143 Å². The van der Waals surface area contributed by atoms with Gasteiger partial charge in [0, 0.05) is 28.1 Å². The second-order valence-corrected chi connectivity index (χ2v) is 9.27. The van der Waals surface area contributed by atoms with Crippen LogP contribution in [0, 0.1) is 12.8 Å². The lowest BCUT2D eigenvalue weighted by Crippen LogP contribution is -2.45. The van der Waals surface area contributed by atoms with Crippen LogP contribution < -0.4 is 5.73 Å². The zero-order chi connectivity index (χ0) is 15.8. The van der Waals surface area contributed by atoms with Gasteiger partial charge in [-0.15, -0.1) is 0 Å². The lowest BCUT2D eigenvalue weighted by molar-refractivity contribution is 0.243. The molecule has 0 spiro atoms.